The number of anilines is 1. The highest BCUT2D eigenvalue weighted by Gasteiger charge is 2.34. The molecular formula is C15H22F2N4S. The van der Waals surface area contributed by atoms with Gasteiger partial charge >= 0.3 is 0 Å². The Bertz CT molecular complexity index is 545. The predicted octanol–water partition coefficient (Wildman–Crippen LogP) is 3.89. The summed E-state index contributed by atoms with van der Waals surface area (Å²) in [5, 5.41) is 0. The monoisotopic (exact) mass is 328 g/mol. The second-order valence-corrected chi connectivity index (χ2v) is 8.13. The van der Waals surface area contributed by atoms with Crippen molar-refractivity contribution >= 4 is 24.1 Å². The summed E-state index contributed by atoms with van der Waals surface area (Å²) in [7, 11) is 0. The number of alkyl halides is 2. The summed E-state index contributed by atoms with van der Waals surface area (Å²) in [5.74, 6) is -2.05. The molecule has 1 fully saturated rings. The zero-order chi connectivity index (χ0) is 16.4. The molecule has 1 aromatic heterocycles. The van der Waals surface area contributed by atoms with E-state index in [9.17, 15) is 8.78 Å². The molecule has 0 radical (unpaired) electrons. The molecule has 7 heteroatoms. The number of rotatable bonds is 3. The van der Waals surface area contributed by atoms with Gasteiger partial charge in [-0.15, -0.1) is 0 Å². The molecular weight excluding hydrogens is 306 g/mol. The van der Waals surface area contributed by atoms with Crippen LogP contribution >= 0.6 is 11.9 Å². The Kier molecular flexibility index (Phi) is 5.04. The summed E-state index contributed by atoms with van der Waals surface area (Å²) < 4.78 is 30.8. The minimum Gasteiger partial charge on any atom is -0.340 e. The van der Waals surface area contributed by atoms with E-state index in [0.717, 1.165) is 5.69 Å². The first kappa shape index (κ1) is 17.1. The van der Waals surface area contributed by atoms with Gasteiger partial charge in [0.25, 0.3) is 5.92 Å². The third kappa shape index (κ3) is 5.19. The number of aryl methyl sites for hydroxylation is 1. The van der Waals surface area contributed by atoms with Crippen molar-refractivity contribution in [3.8, 4) is 0 Å². The first-order valence-electron chi connectivity index (χ1n) is 7.35. The van der Waals surface area contributed by atoms with Gasteiger partial charge in [-0.3, -0.25) is 0 Å². The van der Waals surface area contributed by atoms with Crippen LogP contribution in [0, 0.1) is 6.92 Å². The lowest BCUT2D eigenvalue weighted by molar-refractivity contribution is -0.0222. The number of hydrogen-bond donors (Lipinski definition) is 0. The number of piperidine rings is 1. The first-order chi connectivity index (χ1) is 10.1. The molecule has 1 aliphatic rings. The maximum absolute atomic E-state index is 13.2. The first-order valence-corrected chi connectivity index (χ1v) is 8.12. The van der Waals surface area contributed by atoms with Crippen LogP contribution in [0.25, 0.3) is 0 Å². The molecule has 0 bridgehead atoms. The topological polar surface area (TPSA) is 41.4 Å². The van der Waals surface area contributed by atoms with Crippen molar-refractivity contribution < 1.29 is 8.78 Å². The molecule has 1 aliphatic heterocycles. The lowest BCUT2D eigenvalue weighted by Crippen LogP contribution is -2.40. The van der Waals surface area contributed by atoms with Gasteiger partial charge in [-0.1, -0.05) is 0 Å². The molecule has 4 nitrogen and oxygen atoms in total. The summed E-state index contributed by atoms with van der Waals surface area (Å²) in [4.78, 5) is 10.6. The fourth-order valence-electron chi connectivity index (χ4n) is 2.06. The Morgan fingerprint density at radius 2 is 1.91 bits per heavy atom. The SMILES string of the molecule is Cc1cc(/C=N/SC(C)(C)C)nc(N2CCC(F)(F)CC2)n1. The lowest BCUT2D eigenvalue weighted by atomic mass is 10.1. The summed E-state index contributed by atoms with van der Waals surface area (Å²) in [6, 6.07) is 1.84. The number of nitrogens with zero attached hydrogens (tertiary/aromatic N) is 4. The van der Waals surface area contributed by atoms with Crippen molar-refractivity contribution in [2.45, 2.75) is 51.2 Å². The second-order valence-electron chi connectivity index (χ2n) is 6.52. The van der Waals surface area contributed by atoms with Gasteiger partial charge in [0, 0.05) is 36.4 Å². The molecule has 0 spiro atoms. The van der Waals surface area contributed by atoms with Gasteiger partial charge in [0.1, 0.15) is 0 Å². The molecule has 0 saturated carbocycles. The molecule has 0 atom stereocenters. The molecule has 2 rings (SSSR count). The molecule has 122 valence electrons. The molecule has 0 aliphatic carbocycles. The van der Waals surface area contributed by atoms with Crippen molar-refractivity contribution in [1.29, 1.82) is 0 Å². The van der Waals surface area contributed by atoms with E-state index < -0.39 is 5.92 Å². The van der Waals surface area contributed by atoms with E-state index in [1.54, 1.807) is 6.21 Å². The normalized spacial score (nSPS) is 18.9. The Balaban J connectivity index is 2.10. The van der Waals surface area contributed by atoms with Crippen molar-refractivity contribution in [3.05, 3.63) is 17.5 Å². The van der Waals surface area contributed by atoms with Crippen LogP contribution in [0.1, 0.15) is 45.0 Å². The standard InChI is InChI=1S/C15H22F2N4S/c1-11-9-12(10-18-22-14(2,3)4)20-13(19-11)21-7-5-15(16,17)6-8-21/h9-10H,5-8H2,1-4H3/b18-10+. The predicted molar refractivity (Wildman–Crippen MR) is 88.1 cm³/mol. The summed E-state index contributed by atoms with van der Waals surface area (Å²) in [5.41, 5.74) is 1.51. The molecule has 0 aromatic carbocycles. The van der Waals surface area contributed by atoms with Crippen LogP contribution in [0.2, 0.25) is 0 Å². The van der Waals surface area contributed by atoms with Gasteiger partial charge in [-0.2, -0.15) is 0 Å². The van der Waals surface area contributed by atoms with E-state index >= 15 is 0 Å². The van der Waals surface area contributed by atoms with Gasteiger partial charge in [-0.05, 0) is 45.7 Å². The average Bonchev–Trinajstić information content (AvgIpc) is 2.36. The van der Waals surface area contributed by atoms with Crippen molar-refractivity contribution in [2.24, 2.45) is 4.40 Å². The van der Waals surface area contributed by atoms with E-state index in [1.165, 1.54) is 11.9 Å². The van der Waals surface area contributed by atoms with E-state index in [0.29, 0.717) is 11.6 Å². The maximum Gasteiger partial charge on any atom is 0.251 e. The van der Waals surface area contributed by atoms with Crippen LogP contribution in [0.4, 0.5) is 14.7 Å². The number of halogens is 2. The molecule has 0 amide bonds. The van der Waals surface area contributed by atoms with Gasteiger partial charge < -0.3 is 4.90 Å². The van der Waals surface area contributed by atoms with E-state index in [1.807, 2.05) is 17.9 Å². The Labute approximate surface area is 134 Å². The number of aromatic nitrogens is 2. The smallest absolute Gasteiger partial charge is 0.251 e. The minimum atomic E-state index is -2.56. The molecule has 2 heterocycles. The molecule has 1 saturated heterocycles. The zero-order valence-corrected chi connectivity index (χ0v) is 14.3. The van der Waals surface area contributed by atoms with Crippen LogP contribution < -0.4 is 4.90 Å². The molecule has 0 N–H and O–H groups in total. The average molecular weight is 328 g/mol. The molecule has 0 unspecified atom stereocenters. The highest BCUT2D eigenvalue weighted by Crippen LogP contribution is 2.29. The quantitative estimate of drug-likeness (QED) is 0.623. The lowest BCUT2D eigenvalue weighted by Gasteiger charge is -2.31. The summed E-state index contributed by atoms with van der Waals surface area (Å²) >= 11 is 1.47. The van der Waals surface area contributed by atoms with E-state index in [-0.39, 0.29) is 30.7 Å². The Morgan fingerprint density at radius 1 is 1.27 bits per heavy atom. The van der Waals surface area contributed by atoms with Crippen molar-refractivity contribution in [3.63, 3.8) is 0 Å². The molecule has 1 aromatic rings. The summed E-state index contributed by atoms with van der Waals surface area (Å²) in [6.45, 7) is 8.68. The molecule has 22 heavy (non-hydrogen) atoms. The Hall–Kier alpha value is -1.24. The van der Waals surface area contributed by atoms with Crippen LogP contribution in [0.15, 0.2) is 10.5 Å². The van der Waals surface area contributed by atoms with E-state index in [2.05, 4.69) is 35.1 Å². The van der Waals surface area contributed by atoms with Gasteiger partial charge in [0.15, 0.2) is 0 Å². The van der Waals surface area contributed by atoms with Crippen LogP contribution in [0.5, 0.6) is 0 Å². The summed E-state index contributed by atoms with van der Waals surface area (Å²) in [6.07, 6.45) is 1.41. The largest absolute Gasteiger partial charge is 0.340 e. The second kappa shape index (κ2) is 6.48. The zero-order valence-electron chi connectivity index (χ0n) is 13.4. The third-order valence-electron chi connectivity index (χ3n) is 3.15. The van der Waals surface area contributed by atoms with Gasteiger partial charge in [0.2, 0.25) is 5.95 Å². The van der Waals surface area contributed by atoms with Crippen LogP contribution in [-0.4, -0.2) is 39.9 Å². The highest BCUT2D eigenvalue weighted by atomic mass is 32.2. The minimum absolute atomic E-state index is 0.0415. The fraction of sp³-hybridized carbons (Fsp3) is 0.667. The van der Waals surface area contributed by atoms with Crippen LogP contribution in [0.3, 0.4) is 0 Å². The highest BCUT2D eigenvalue weighted by molar-refractivity contribution is 7.99. The number of hydrogen-bond acceptors (Lipinski definition) is 5. The third-order valence-corrected chi connectivity index (χ3v) is 3.91. The van der Waals surface area contributed by atoms with Gasteiger partial charge in [-0.25, -0.2) is 23.1 Å². The maximum atomic E-state index is 13.2. The Morgan fingerprint density at radius 3 is 2.50 bits per heavy atom. The fourth-order valence-corrected chi connectivity index (χ4v) is 2.53. The van der Waals surface area contributed by atoms with E-state index in [4.69, 9.17) is 0 Å². The van der Waals surface area contributed by atoms with Crippen molar-refractivity contribution in [2.75, 3.05) is 18.0 Å². The van der Waals surface area contributed by atoms with Crippen molar-refractivity contribution in [1.82, 2.24) is 9.97 Å². The van der Waals surface area contributed by atoms with Crippen LogP contribution in [-0.2, 0) is 0 Å². The van der Waals surface area contributed by atoms with Gasteiger partial charge in [0.05, 0.1) is 11.9 Å².